The third-order valence-electron chi connectivity index (χ3n) is 0.498. The van der Waals surface area contributed by atoms with Gasteiger partial charge in [0.15, 0.2) is 4.73 Å². The lowest BCUT2D eigenvalue weighted by Crippen LogP contribution is -1.83. The third kappa shape index (κ3) is 1.23. The molecule has 1 aromatic heterocycles. The van der Waals surface area contributed by atoms with Crippen molar-refractivity contribution in [2.75, 3.05) is 0 Å². The highest BCUT2D eigenvalue weighted by atomic mass is 79.9. The van der Waals surface area contributed by atoms with Gasteiger partial charge in [-0.2, -0.15) is 9.37 Å². The van der Waals surface area contributed by atoms with E-state index in [9.17, 15) is 4.39 Å². The van der Waals surface area contributed by atoms with Gasteiger partial charge < -0.3 is 0 Å². The van der Waals surface area contributed by atoms with E-state index in [-0.39, 0.29) is 4.73 Å². The molecule has 0 aliphatic rings. The summed E-state index contributed by atoms with van der Waals surface area (Å²) in [6.07, 6.45) is -0.417. The fourth-order valence-corrected chi connectivity index (χ4v) is 0.498. The van der Waals surface area contributed by atoms with Gasteiger partial charge in [0.1, 0.15) is 0 Å². The van der Waals surface area contributed by atoms with Crippen LogP contribution >= 0.6 is 15.9 Å². The largest absolute Gasteiger partial charge is 0.231 e. The molecule has 0 saturated carbocycles. The van der Waals surface area contributed by atoms with Gasteiger partial charge in [0, 0.05) is 12.2 Å². The van der Waals surface area contributed by atoms with Crippen LogP contribution in [0, 0.1) is 5.95 Å². The molecule has 0 aromatic carbocycles. The van der Waals surface area contributed by atoms with E-state index in [0.717, 1.165) is 0 Å². The predicted octanol–water partition coefficient (Wildman–Crippen LogP) is 1.38. The lowest BCUT2D eigenvalue weighted by atomic mass is 10.7. The van der Waals surface area contributed by atoms with Crippen LogP contribution in [0.3, 0.4) is 0 Å². The Hall–Kier alpha value is -0.510. The summed E-state index contributed by atoms with van der Waals surface area (Å²) >= 11 is 2.78. The topological polar surface area (TPSA) is 25.8 Å². The molecule has 1 rings (SSSR count). The van der Waals surface area contributed by atoms with Crippen molar-refractivity contribution >= 4 is 15.9 Å². The molecule has 42 valence electrons. The van der Waals surface area contributed by atoms with Crippen LogP contribution in [0.2, 0.25) is 0 Å². The normalized spacial score (nSPS) is 12.8. The molecule has 0 N–H and O–H groups in total. The second kappa shape index (κ2) is 2.17. The maximum atomic E-state index is 12.4. The Kier molecular flexibility index (Phi) is 0.951. The van der Waals surface area contributed by atoms with E-state index in [0.29, 0.717) is 0 Å². The van der Waals surface area contributed by atoms with Gasteiger partial charge in [-0.3, -0.25) is 0 Å². The lowest BCUT2D eigenvalue weighted by molar-refractivity contribution is 0.575. The number of nitrogens with zero attached hydrogens (tertiary/aromatic N) is 2. The first-order chi connectivity index (χ1) is 4.61. The SMILES string of the molecule is [2H]c1nc(Br)nc(F)c1[2H]. The van der Waals surface area contributed by atoms with E-state index >= 15 is 0 Å². The molecule has 0 fully saturated rings. The van der Waals surface area contributed by atoms with Gasteiger partial charge in [-0.05, 0) is 15.9 Å². The van der Waals surface area contributed by atoms with Gasteiger partial charge in [-0.25, -0.2) is 4.98 Å². The molecule has 0 atom stereocenters. The van der Waals surface area contributed by atoms with Crippen molar-refractivity contribution in [2.24, 2.45) is 0 Å². The lowest BCUT2D eigenvalue weighted by Gasteiger charge is -1.84. The van der Waals surface area contributed by atoms with Crippen LogP contribution in [0.25, 0.3) is 0 Å². The molecule has 2 nitrogen and oxygen atoms in total. The van der Waals surface area contributed by atoms with Crippen molar-refractivity contribution < 1.29 is 7.13 Å². The Morgan fingerprint density at radius 1 is 1.88 bits per heavy atom. The molecule has 0 spiro atoms. The van der Waals surface area contributed by atoms with Crippen molar-refractivity contribution in [3.8, 4) is 0 Å². The first-order valence-electron chi connectivity index (χ1n) is 2.77. The van der Waals surface area contributed by atoms with Crippen LogP contribution in [0.1, 0.15) is 2.74 Å². The maximum Gasteiger partial charge on any atom is 0.216 e. The van der Waals surface area contributed by atoms with Gasteiger partial charge in [0.05, 0.1) is 2.74 Å². The zero-order valence-corrected chi connectivity index (χ0v) is 5.24. The van der Waals surface area contributed by atoms with E-state index in [1.165, 1.54) is 0 Å². The highest BCUT2D eigenvalue weighted by molar-refractivity contribution is 9.10. The Balaban J connectivity index is 3.31. The zero-order valence-electron chi connectivity index (χ0n) is 5.65. The minimum Gasteiger partial charge on any atom is -0.231 e. The van der Waals surface area contributed by atoms with E-state index in [2.05, 4.69) is 25.9 Å². The summed E-state index contributed by atoms with van der Waals surface area (Å²) in [5.74, 6) is -0.980. The fraction of sp³-hybridized carbons (Fsp3) is 0. The molecule has 0 aliphatic heterocycles. The number of aromatic nitrogens is 2. The van der Waals surface area contributed by atoms with E-state index in [1.807, 2.05) is 0 Å². The predicted molar refractivity (Wildman–Crippen MR) is 29.7 cm³/mol. The molecule has 0 saturated heterocycles. The highest BCUT2D eigenvalue weighted by Crippen LogP contribution is 1.99. The molecular formula is C4H2BrFN2. The van der Waals surface area contributed by atoms with Crippen molar-refractivity contribution in [2.45, 2.75) is 0 Å². The van der Waals surface area contributed by atoms with Crippen molar-refractivity contribution in [1.82, 2.24) is 9.97 Å². The number of rotatable bonds is 0. The van der Waals surface area contributed by atoms with Crippen LogP contribution in [0.15, 0.2) is 16.9 Å². The summed E-state index contributed by atoms with van der Waals surface area (Å²) in [6, 6.07) is -0.580. The van der Waals surface area contributed by atoms with Crippen molar-refractivity contribution in [3.63, 3.8) is 0 Å². The molecule has 0 amide bonds. The number of halogens is 2. The molecule has 1 heterocycles. The molecule has 4 heteroatoms. The van der Waals surface area contributed by atoms with E-state index in [1.54, 1.807) is 0 Å². The quantitative estimate of drug-likeness (QED) is 0.444. The average molecular weight is 179 g/mol. The van der Waals surface area contributed by atoms with Gasteiger partial charge in [-0.15, -0.1) is 0 Å². The Labute approximate surface area is 56.7 Å². The summed E-state index contributed by atoms with van der Waals surface area (Å²) in [7, 11) is 0. The zero-order chi connectivity index (χ0) is 7.72. The van der Waals surface area contributed by atoms with Crippen LogP contribution < -0.4 is 0 Å². The Morgan fingerprint density at radius 3 is 3.25 bits per heavy atom. The minimum absolute atomic E-state index is 0.00833. The fourth-order valence-electron chi connectivity index (χ4n) is 0.254. The van der Waals surface area contributed by atoms with E-state index < -0.39 is 18.2 Å². The summed E-state index contributed by atoms with van der Waals surface area (Å²) in [4.78, 5) is 6.54. The highest BCUT2D eigenvalue weighted by Gasteiger charge is 1.89. The summed E-state index contributed by atoms with van der Waals surface area (Å²) in [6.45, 7) is 0. The Morgan fingerprint density at radius 2 is 2.62 bits per heavy atom. The first-order valence-corrected chi connectivity index (χ1v) is 2.57. The maximum absolute atomic E-state index is 12.4. The van der Waals surface area contributed by atoms with Crippen molar-refractivity contribution in [3.05, 3.63) is 22.9 Å². The Bertz CT molecular complexity index is 244. The van der Waals surface area contributed by atoms with Gasteiger partial charge >= 0.3 is 0 Å². The molecule has 1 aromatic rings. The van der Waals surface area contributed by atoms with Crippen molar-refractivity contribution in [1.29, 1.82) is 0 Å². The monoisotopic (exact) mass is 178 g/mol. The van der Waals surface area contributed by atoms with Crippen LogP contribution in [0.4, 0.5) is 4.39 Å². The summed E-state index contributed by atoms with van der Waals surface area (Å²) in [5.41, 5.74) is 0. The molecular weight excluding hydrogens is 175 g/mol. The molecule has 8 heavy (non-hydrogen) atoms. The molecule has 0 bridgehead atoms. The minimum atomic E-state index is -0.980. The molecule has 0 unspecified atom stereocenters. The van der Waals surface area contributed by atoms with Crippen LogP contribution in [-0.4, -0.2) is 9.97 Å². The number of hydrogen-bond donors (Lipinski definition) is 0. The van der Waals surface area contributed by atoms with Crippen LogP contribution in [-0.2, 0) is 0 Å². The third-order valence-corrected chi connectivity index (χ3v) is 0.852. The summed E-state index contributed by atoms with van der Waals surface area (Å²) < 4.78 is 26.1. The average Bonchev–Trinajstić information content (AvgIpc) is 1.82. The molecule has 0 aliphatic carbocycles. The van der Waals surface area contributed by atoms with E-state index in [4.69, 9.17) is 2.74 Å². The second-order valence-corrected chi connectivity index (χ2v) is 1.73. The first kappa shape index (κ1) is 3.50. The van der Waals surface area contributed by atoms with Crippen LogP contribution in [0.5, 0.6) is 0 Å². The summed E-state index contributed by atoms with van der Waals surface area (Å²) in [5, 5.41) is 0. The van der Waals surface area contributed by atoms with Gasteiger partial charge in [0.25, 0.3) is 0 Å². The second-order valence-electron chi connectivity index (χ2n) is 1.02. The smallest absolute Gasteiger partial charge is 0.216 e. The van der Waals surface area contributed by atoms with Gasteiger partial charge in [0.2, 0.25) is 5.95 Å². The molecule has 0 radical (unpaired) electrons. The number of hydrogen-bond acceptors (Lipinski definition) is 2. The van der Waals surface area contributed by atoms with Gasteiger partial charge in [-0.1, -0.05) is 0 Å². The standard InChI is InChI=1S/C4H2BrFN2/c5-4-7-2-1-3(6)8-4/h1-2H/i1D,2D.